The molecule has 0 saturated heterocycles. The summed E-state index contributed by atoms with van der Waals surface area (Å²) >= 11 is 0. The fourth-order valence-corrected chi connectivity index (χ4v) is 3.62. The molecule has 0 heterocycles. The van der Waals surface area contributed by atoms with Crippen molar-refractivity contribution < 1.29 is 4.74 Å². The van der Waals surface area contributed by atoms with Crippen molar-refractivity contribution in [2.45, 2.75) is 65.2 Å². The van der Waals surface area contributed by atoms with Crippen molar-refractivity contribution in [2.24, 2.45) is 11.8 Å². The maximum atomic E-state index is 6.10. The van der Waals surface area contributed by atoms with Gasteiger partial charge in [0.1, 0.15) is 5.75 Å². The smallest absolute Gasteiger partial charge is 0.122 e. The Morgan fingerprint density at radius 1 is 0.900 bits per heavy atom. The van der Waals surface area contributed by atoms with Crippen LogP contribution in [0.25, 0.3) is 0 Å². The van der Waals surface area contributed by atoms with Crippen LogP contribution >= 0.6 is 0 Å². The molecular weight excluding hydrogens is 244 g/mol. The summed E-state index contributed by atoms with van der Waals surface area (Å²) in [6.45, 7) is 5.41. The van der Waals surface area contributed by atoms with Gasteiger partial charge in [-0.15, -0.1) is 0 Å². The van der Waals surface area contributed by atoms with Gasteiger partial charge in [-0.25, -0.2) is 0 Å². The Kier molecular flexibility index (Phi) is 4.33. The molecule has 0 unspecified atom stereocenters. The van der Waals surface area contributed by atoms with Crippen LogP contribution < -0.4 is 4.74 Å². The van der Waals surface area contributed by atoms with E-state index in [1.807, 2.05) is 0 Å². The predicted molar refractivity (Wildman–Crippen MR) is 84.4 cm³/mol. The van der Waals surface area contributed by atoms with Gasteiger partial charge in [-0.05, 0) is 67.7 Å². The van der Waals surface area contributed by atoms with Gasteiger partial charge in [-0.3, -0.25) is 0 Å². The van der Waals surface area contributed by atoms with Crippen molar-refractivity contribution in [3.8, 4) is 5.75 Å². The highest BCUT2D eigenvalue weighted by molar-refractivity contribution is 5.43. The molecule has 110 valence electrons. The summed E-state index contributed by atoms with van der Waals surface area (Å²) in [5.74, 6) is 2.86. The van der Waals surface area contributed by atoms with E-state index in [-0.39, 0.29) is 0 Å². The number of hydrogen-bond donors (Lipinski definition) is 0. The number of benzene rings is 1. The summed E-state index contributed by atoms with van der Waals surface area (Å²) in [5.41, 5.74) is 4.36. The van der Waals surface area contributed by atoms with E-state index in [9.17, 15) is 0 Å². The molecule has 0 atom stereocenters. The molecule has 1 heteroatoms. The fraction of sp³-hybridized carbons (Fsp3) is 0.684. The minimum atomic E-state index is 0.796. The first-order chi connectivity index (χ1) is 9.74. The van der Waals surface area contributed by atoms with Crippen molar-refractivity contribution in [1.82, 2.24) is 0 Å². The zero-order valence-electron chi connectivity index (χ0n) is 13.1. The van der Waals surface area contributed by atoms with Crippen molar-refractivity contribution in [2.75, 3.05) is 6.61 Å². The molecule has 0 aromatic heterocycles. The molecule has 0 radical (unpaired) electrons. The van der Waals surface area contributed by atoms with E-state index in [1.165, 1.54) is 62.5 Å². The molecule has 3 rings (SSSR count). The van der Waals surface area contributed by atoms with Gasteiger partial charge >= 0.3 is 0 Å². The van der Waals surface area contributed by atoms with Gasteiger partial charge in [0.05, 0.1) is 6.61 Å². The van der Waals surface area contributed by atoms with E-state index in [4.69, 9.17) is 4.74 Å². The summed E-state index contributed by atoms with van der Waals surface area (Å²) in [7, 11) is 0. The van der Waals surface area contributed by atoms with Gasteiger partial charge in [-0.2, -0.15) is 0 Å². The number of rotatable bonds is 5. The van der Waals surface area contributed by atoms with Crippen LogP contribution in [0.1, 0.15) is 61.6 Å². The van der Waals surface area contributed by atoms with Gasteiger partial charge in [0.25, 0.3) is 0 Å². The van der Waals surface area contributed by atoms with Crippen LogP contribution in [0.5, 0.6) is 5.75 Å². The lowest BCUT2D eigenvalue weighted by molar-refractivity contribution is 0.250. The zero-order chi connectivity index (χ0) is 13.9. The maximum Gasteiger partial charge on any atom is 0.122 e. The summed E-state index contributed by atoms with van der Waals surface area (Å²) < 4.78 is 6.10. The highest BCUT2D eigenvalue weighted by Gasteiger charge is 2.20. The summed E-state index contributed by atoms with van der Waals surface area (Å²) in [6, 6.07) is 4.52. The van der Waals surface area contributed by atoms with Crippen molar-refractivity contribution in [3.05, 3.63) is 28.8 Å². The van der Waals surface area contributed by atoms with Gasteiger partial charge in [0.2, 0.25) is 0 Å². The van der Waals surface area contributed by atoms with Gasteiger partial charge in [0, 0.05) is 0 Å². The van der Waals surface area contributed by atoms with Crippen molar-refractivity contribution in [1.29, 1.82) is 0 Å². The van der Waals surface area contributed by atoms with Gasteiger partial charge in [0.15, 0.2) is 0 Å². The Hall–Kier alpha value is -0.980. The largest absolute Gasteiger partial charge is 0.493 e. The molecule has 0 amide bonds. The Morgan fingerprint density at radius 2 is 1.60 bits per heavy atom. The molecule has 0 N–H and O–H groups in total. The molecule has 20 heavy (non-hydrogen) atoms. The third-order valence-corrected chi connectivity index (χ3v) is 5.53. The molecular formula is C19H28O. The zero-order valence-corrected chi connectivity index (χ0v) is 13.1. The first-order valence-corrected chi connectivity index (χ1v) is 8.46. The third-order valence-electron chi connectivity index (χ3n) is 5.53. The molecule has 1 aromatic rings. The minimum Gasteiger partial charge on any atom is -0.493 e. The van der Waals surface area contributed by atoms with E-state index in [0.29, 0.717) is 0 Å². The average molecular weight is 272 g/mol. The molecule has 2 saturated carbocycles. The first kappa shape index (κ1) is 14.0. The van der Waals surface area contributed by atoms with Crippen LogP contribution in [0.2, 0.25) is 0 Å². The topological polar surface area (TPSA) is 9.23 Å². The maximum absolute atomic E-state index is 6.10. The van der Waals surface area contributed by atoms with Crippen LogP contribution in [0.4, 0.5) is 0 Å². The van der Waals surface area contributed by atoms with Gasteiger partial charge in [-0.1, -0.05) is 38.2 Å². The Morgan fingerprint density at radius 3 is 2.25 bits per heavy atom. The van der Waals surface area contributed by atoms with Crippen LogP contribution in [-0.4, -0.2) is 6.61 Å². The Bertz CT molecular complexity index is 453. The average Bonchev–Trinajstić information content (AvgIpc) is 2.90. The van der Waals surface area contributed by atoms with Crippen molar-refractivity contribution in [3.63, 3.8) is 0 Å². The van der Waals surface area contributed by atoms with E-state index >= 15 is 0 Å². The normalized spacial score (nSPS) is 20.1. The molecule has 1 aromatic carbocycles. The summed E-state index contributed by atoms with van der Waals surface area (Å²) in [4.78, 5) is 0. The van der Waals surface area contributed by atoms with Crippen LogP contribution in [-0.2, 0) is 6.42 Å². The molecule has 2 fully saturated rings. The summed E-state index contributed by atoms with van der Waals surface area (Å²) in [5, 5.41) is 0. The van der Waals surface area contributed by atoms with E-state index in [2.05, 4.69) is 26.0 Å². The van der Waals surface area contributed by atoms with Crippen LogP contribution in [0.15, 0.2) is 12.1 Å². The highest BCUT2D eigenvalue weighted by Crippen LogP contribution is 2.33. The third kappa shape index (κ3) is 3.02. The molecule has 0 spiro atoms. The lowest BCUT2D eigenvalue weighted by Gasteiger charge is -2.26. The Labute approximate surface area is 123 Å². The number of ether oxygens (including phenoxy) is 1. The van der Waals surface area contributed by atoms with Crippen LogP contribution in [0, 0.1) is 25.7 Å². The standard InChI is InChI=1S/C19H28O/c1-14-15(2)19(20-13-17-6-3-4-7-17)11-10-18(14)12-16-8-5-9-16/h10-11,16-17H,3-9,12-13H2,1-2H3. The van der Waals surface area contributed by atoms with E-state index < -0.39 is 0 Å². The fourth-order valence-electron chi connectivity index (χ4n) is 3.62. The summed E-state index contributed by atoms with van der Waals surface area (Å²) in [6.07, 6.45) is 11.1. The SMILES string of the molecule is Cc1c(CC2CCC2)ccc(OCC2CCCC2)c1C. The van der Waals surface area contributed by atoms with E-state index in [1.54, 1.807) is 5.56 Å². The monoisotopic (exact) mass is 272 g/mol. The van der Waals surface area contributed by atoms with Crippen molar-refractivity contribution >= 4 is 0 Å². The van der Waals surface area contributed by atoms with Crippen LogP contribution in [0.3, 0.4) is 0 Å². The van der Waals surface area contributed by atoms with Gasteiger partial charge < -0.3 is 4.74 Å². The minimum absolute atomic E-state index is 0.796. The Balaban J connectivity index is 1.63. The predicted octanol–water partition coefficient (Wildman–Crippen LogP) is 5.22. The highest BCUT2D eigenvalue weighted by atomic mass is 16.5. The second kappa shape index (κ2) is 6.20. The molecule has 0 aliphatic heterocycles. The lowest BCUT2D eigenvalue weighted by atomic mass is 9.80. The lowest BCUT2D eigenvalue weighted by Crippen LogP contribution is -2.15. The second-order valence-corrected chi connectivity index (χ2v) is 6.94. The number of hydrogen-bond acceptors (Lipinski definition) is 1. The second-order valence-electron chi connectivity index (χ2n) is 6.94. The molecule has 2 aliphatic carbocycles. The molecule has 1 nitrogen and oxygen atoms in total. The quantitative estimate of drug-likeness (QED) is 0.714. The molecule has 0 bridgehead atoms. The van der Waals surface area contributed by atoms with E-state index in [0.717, 1.165) is 24.2 Å². The first-order valence-electron chi connectivity index (χ1n) is 8.46. The molecule has 2 aliphatic rings.